The zero-order valence-electron chi connectivity index (χ0n) is 10.5. The summed E-state index contributed by atoms with van der Waals surface area (Å²) in [7, 11) is -0.504. The van der Waals surface area contributed by atoms with Gasteiger partial charge in [0, 0.05) is 27.2 Å². The first kappa shape index (κ1) is 14.9. The summed E-state index contributed by atoms with van der Waals surface area (Å²) in [5, 5.41) is 9.14. The smallest absolute Gasteiger partial charge is 0.279 e. The second-order valence-corrected chi connectivity index (χ2v) is 5.68. The lowest BCUT2D eigenvalue weighted by Crippen LogP contribution is -2.39. The van der Waals surface area contributed by atoms with Crippen molar-refractivity contribution < 1.29 is 18.3 Å². The number of hydrogen-bond donors (Lipinski definition) is 2. The fraction of sp³-hybridized carbons (Fsp3) is 0.455. The SMILES string of the molecule is COCCNS(=O)(=O)N(C)Cc1ccc(O)cc1. The Hall–Kier alpha value is -1.15. The minimum Gasteiger partial charge on any atom is -0.508 e. The number of aromatic hydroxyl groups is 1. The highest BCUT2D eigenvalue weighted by Gasteiger charge is 2.16. The maximum absolute atomic E-state index is 11.8. The van der Waals surface area contributed by atoms with Gasteiger partial charge in [0.25, 0.3) is 10.2 Å². The Morgan fingerprint density at radius 1 is 1.33 bits per heavy atom. The van der Waals surface area contributed by atoms with Gasteiger partial charge < -0.3 is 9.84 Å². The lowest BCUT2D eigenvalue weighted by Gasteiger charge is -2.17. The lowest BCUT2D eigenvalue weighted by molar-refractivity contribution is 0.204. The fourth-order valence-electron chi connectivity index (χ4n) is 1.33. The molecule has 0 aliphatic carbocycles. The van der Waals surface area contributed by atoms with Crippen molar-refractivity contribution in [2.75, 3.05) is 27.3 Å². The van der Waals surface area contributed by atoms with E-state index in [2.05, 4.69) is 4.72 Å². The molecule has 0 amide bonds. The number of hydrogen-bond acceptors (Lipinski definition) is 4. The summed E-state index contributed by atoms with van der Waals surface area (Å²) in [6, 6.07) is 6.40. The van der Waals surface area contributed by atoms with Gasteiger partial charge in [0.1, 0.15) is 5.75 Å². The van der Waals surface area contributed by atoms with E-state index in [0.29, 0.717) is 6.61 Å². The number of phenolic OH excluding ortho intramolecular Hbond substituents is 1. The van der Waals surface area contributed by atoms with Gasteiger partial charge in [0.15, 0.2) is 0 Å². The predicted octanol–water partition coefficient (Wildman–Crippen LogP) is 0.305. The van der Waals surface area contributed by atoms with Crippen LogP contribution in [-0.4, -0.2) is 45.1 Å². The van der Waals surface area contributed by atoms with Crippen molar-refractivity contribution in [1.29, 1.82) is 0 Å². The predicted molar refractivity (Wildman–Crippen MR) is 68.4 cm³/mol. The van der Waals surface area contributed by atoms with Crippen molar-refractivity contribution in [2.24, 2.45) is 0 Å². The van der Waals surface area contributed by atoms with E-state index in [0.717, 1.165) is 5.56 Å². The topological polar surface area (TPSA) is 78.9 Å². The normalized spacial score (nSPS) is 11.9. The molecule has 6 nitrogen and oxygen atoms in total. The maximum atomic E-state index is 11.8. The molecule has 18 heavy (non-hydrogen) atoms. The molecule has 0 saturated carbocycles. The highest BCUT2D eigenvalue weighted by molar-refractivity contribution is 7.87. The van der Waals surface area contributed by atoms with E-state index in [1.54, 1.807) is 12.1 Å². The minimum absolute atomic E-state index is 0.155. The van der Waals surface area contributed by atoms with Crippen molar-refractivity contribution in [2.45, 2.75) is 6.54 Å². The zero-order chi connectivity index (χ0) is 13.6. The highest BCUT2D eigenvalue weighted by atomic mass is 32.2. The Kier molecular flexibility index (Phi) is 5.54. The number of nitrogens with one attached hydrogen (secondary N) is 1. The van der Waals surface area contributed by atoms with Crippen LogP contribution in [0.5, 0.6) is 5.75 Å². The second-order valence-electron chi connectivity index (χ2n) is 3.81. The molecule has 0 bridgehead atoms. The monoisotopic (exact) mass is 274 g/mol. The van der Waals surface area contributed by atoms with Crippen LogP contribution in [0, 0.1) is 0 Å². The quantitative estimate of drug-likeness (QED) is 0.701. The van der Waals surface area contributed by atoms with E-state index in [4.69, 9.17) is 9.84 Å². The van der Waals surface area contributed by atoms with E-state index in [9.17, 15) is 8.42 Å². The Labute approximate surface area is 107 Å². The Morgan fingerprint density at radius 3 is 2.50 bits per heavy atom. The molecule has 7 heteroatoms. The molecule has 0 atom stereocenters. The molecule has 1 aromatic carbocycles. The van der Waals surface area contributed by atoms with Gasteiger partial charge in [-0.05, 0) is 17.7 Å². The third-order valence-electron chi connectivity index (χ3n) is 2.34. The van der Waals surface area contributed by atoms with Crippen LogP contribution in [0.4, 0.5) is 0 Å². The van der Waals surface area contributed by atoms with Crippen LogP contribution in [0.15, 0.2) is 24.3 Å². The van der Waals surface area contributed by atoms with Crippen LogP contribution < -0.4 is 4.72 Å². The first-order valence-electron chi connectivity index (χ1n) is 5.43. The molecule has 0 unspecified atom stereocenters. The number of nitrogens with zero attached hydrogens (tertiary/aromatic N) is 1. The Balaban J connectivity index is 2.58. The van der Waals surface area contributed by atoms with Crippen LogP contribution >= 0.6 is 0 Å². The summed E-state index contributed by atoms with van der Waals surface area (Å²) in [5.74, 6) is 0.155. The molecule has 0 radical (unpaired) electrons. The molecular weight excluding hydrogens is 256 g/mol. The van der Waals surface area contributed by atoms with Gasteiger partial charge in [-0.15, -0.1) is 0 Å². The summed E-state index contributed by atoms with van der Waals surface area (Å²) in [4.78, 5) is 0. The standard InChI is InChI=1S/C11H18N2O4S/c1-13(18(15,16)12-7-8-17-2)9-10-3-5-11(14)6-4-10/h3-6,12,14H,7-9H2,1-2H3. The number of methoxy groups -OCH3 is 1. The molecule has 0 aromatic heterocycles. The van der Waals surface area contributed by atoms with Gasteiger partial charge in [0.2, 0.25) is 0 Å². The van der Waals surface area contributed by atoms with Gasteiger partial charge in [-0.2, -0.15) is 17.4 Å². The van der Waals surface area contributed by atoms with E-state index >= 15 is 0 Å². The molecule has 2 N–H and O–H groups in total. The van der Waals surface area contributed by atoms with Crippen molar-refractivity contribution >= 4 is 10.2 Å². The van der Waals surface area contributed by atoms with E-state index < -0.39 is 10.2 Å². The Morgan fingerprint density at radius 2 is 1.94 bits per heavy atom. The van der Waals surface area contributed by atoms with E-state index in [1.807, 2.05) is 0 Å². The molecule has 0 fully saturated rings. The molecule has 0 aliphatic rings. The summed E-state index contributed by atoms with van der Waals surface area (Å²) in [5.41, 5.74) is 0.799. The van der Waals surface area contributed by atoms with E-state index in [1.165, 1.54) is 30.6 Å². The highest BCUT2D eigenvalue weighted by Crippen LogP contribution is 2.12. The van der Waals surface area contributed by atoms with E-state index in [-0.39, 0.29) is 18.8 Å². The molecule has 0 spiro atoms. The van der Waals surface area contributed by atoms with Gasteiger partial charge in [-0.25, -0.2) is 0 Å². The third-order valence-corrected chi connectivity index (χ3v) is 3.86. The van der Waals surface area contributed by atoms with Crippen LogP contribution in [0.25, 0.3) is 0 Å². The Bertz CT molecular complexity index is 458. The number of benzene rings is 1. The molecule has 0 heterocycles. The van der Waals surface area contributed by atoms with Crippen molar-refractivity contribution in [3.8, 4) is 5.75 Å². The lowest BCUT2D eigenvalue weighted by atomic mass is 10.2. The van der Waals surface area contributed by atoms with Gasteiger partial charge in [-0.3, -0.25) is 0 Å². The van der Waals surface area contributed by atoms with Crippen LogP contribution in [-0.2, 0) is 21.5 Å². The molecular formula is C11H18N2O4S. The summed E-state index contributed by atoms with van der Waals surface area (Å²) >= 11 is 0. The maximum Gasteiger partial charge on any atom is 0.279 e. The summed E-state index contributed by atoms with van der Waals surface area (Å²) in [6.07, 6.45) is 0. The largest absolute Gasteiger partial charge is 0.508 e. The van der Waals surface area contributed by atoms with Crippen molar-refractivity contribution in [3.63, 3.8) is 0 Å². The first-order valence-corrected chi connectivity index (χ1v) is 6.87. The summed E-state index contributed by atoms with van der Waals surface area (Å²) < 4.78 is 32.0. The molecule has 1 rings (SSSR count). The number of rotatable bonds is 7. The number of ether oxygens (including phenoxy) is 1. The third kappa shape index (κ3) is 4.61. The van der Waals surface area contributed by atoms with Crippen LogP contribution in [0.1, 0.15) is 5.56 Å². The number of phenols is 1. The van der Waals surface area contributed by atoms with Gasteiger partial charge in [0.05, 0.1) is 6.61 Å². The fourth-order valence-corrected chi connectivity index (χ4v) is 2.21. The van der Waals surface area contributed by atoms with Gasteiger partial charge in [-0.1, -0.05) is 12.1 Å². The van der Waals surface area contributed by atoms with Crippen LogP contribution in [0.3, 0.4) is 0 Å². The van der Waals surface area contributed by atoms with Crippen molar-refractivity contribution in [3.05, 3.63) is 29.8 Å². The van der Waals surface area contributed by atoms with Gasteiger partial charge >= 0.3 is 0 Å². The second kappa shape index (κ2) is 6.69. The van der Waals surface area contributed by atoms with Crippen molar-refractivity contribution in [1.82, 2.24) is 9.03 Å². The average molecular weight is 274 g/mol. The molecule has 0 saturated heterocycles. The van der Waals surface area contributed by atoms with Crippen LogP contribution in [0.2, 0.25) is 0 Å². The molecule has 1 aromatic rings. The molecule has 102 valence electrons. The zero-order valence-corrected chi connectivity index (χ0v) is 11.3. The summed E-state index contributed by atoms with van der Waals surface area (Å²) in [6.45, 7) is 0.799. The average Bonchev–Trinajstić information content (AvgIpc) is 2.32. The first-order chi connectivity index (χ1) is 8.45. The minimum atomic E-state index is -3.50. The molecule has 0 aliphatic heterocycles.